The third-order valence-electron chi connectivity index (χ3n) is 5.58. The second-order valence-corrected chi connectivity index (χ2v) is 7.73. The van der Waals surface area contributed by atoms with E-state index in [4.69, 9.17) is 5.10 Å². The minimum atomic E-state index is -0.233. The zero-order valence-corrected chi connectivity index (χ0v) is 17.0. The van der Waals surface area contributed by atoms with Crippen LogP contribution in [0, 0.1) is 13.8 Å². The van der Waals surface area contributed by atoms with Gasteiger partial charge in [-0.15, -0.1) is 0 Å². The van der Waals surface area contributed by atoms with Crippen LogP contribution in [0.4, 0.5) is 10.5 Å². The van der Waals surface area contributed by atoms with Crippen molar-refractivity contribution in [2.75, 3.05) is 5.32 Å². The van der Waals surface area contributed by atoms with E-state index in [-0.39, 0.29) is 6.03 Å². The van der Waals surface area contributed by atoms with Crippen LogP contribution in [0.25, 0.3) is 11.4 Å². The minimum Gasteiger partial charge on any atom is -0.332 e. The maximum atomic E-state index is 12.3. The standard InChI is InChI=1S/C23H27N5O/c1-16-10-11-18(13-17(16)2)26-23(29)25-15-19-14-22(21-9-5-6-12-24-21)28(27-19)20-7-3-4-8-20/h5-6,9-14,20H,3-4,7-8,15H2,1-2H3,(H2,25,26,29). The number of aryl methyl sites for hydroxylation is 2. The van der Waals surface area contributed by atoms with E-state index < -0.39 is 0 Å². The predicted octanol–water partition coefficient (Wildman–Crippen LogP) is 5.00. The average molecular weight is 390 g/mol. The number of hydrogen-bond donors (Lipinski definition) is 2. The quantitative estimate of drug-likeness (QED) is 0.645. The van der Waals surface area contributed by atoms with Gasteiger partial charge in [-0.1, -0.05) is 25.0 Å². The largest absolute Gasteiger partial charge is 0.332 e. The molecular formula is C23H27N5O. The fraction of sp³-hybridized carbons (Fsp3) is 0.348. The first-order chi connectivity index (χ1) is 14.1. The molecule has 0 atom stereocenters. The van der Waals surface area contributed by atoms with Crippen LogP contribution in [0.2, 0.25) is 0 Å². The maximum Gasteiger partial charge on any atom is 0.319 e. The molecule has 6 nitrogen and oxygen atoms in total. The van der Waals surface area contributed by atoms with E-state index in [1.807, 2.05) is 49.4 Å². The van der Waals surface area contributed by atoms with E-state index in [0.29, 0.717) is 12.6 Å². The van der Waals surface area contributed by atoms with Crippen LogP contribution >= 0.6 is 0 Å². The Hall–Kier alpha value is -3.15. The van der Waals surface area contributed by atoms with E-state index in [9.17, 15) is 4.79 Å². The van der Waals surface area contributed by atoms with Gasteiger partial charge in [0.2, 0.25) is 0 Å². The monoisotopic (exact) mass is 389 g/mol. The van der Waals surface area contributed by atoms with E-state index in [0.717, 1.165) is 41.2 Å². The summed E-state index contributed by atoms with van der Waals surface area (Å²) < 4.78 is 2.10. The highest BCUT2D eigenvalue weighted by Crippen LogP contribution is 2.33. The average Bonchev–Trinajstić information content (AvgIpc) is 3.39. The summed E-state index contributed by atoms with van der Waals surface area (Å²) >= 11 is 0. The first-order valence-electron chi connectivity index (χ1n) is 10.2. The first-order valence-corrected chi connectivity index (χ1v) is 10.2. The number of aromatic nitrogens is 3. The first kappa shape index (κ1) is 19.2. The Kier molecular flexibility index (Phi) is 5.60. The van der Waals surface area contributed by atoms with Crippen molar-refractivity contribution in [1.82, 2.24) is 20.1 Å². The highest BCUT2D eigenvalue weighted by molar-refractivity contribution is 5.89. The predicted molar refractivity (Wildman–Crippen MR) is 115 cm³/mol. The van der Waals surface area contributed by atoms with Gasteiger partial charge >= 0.3 is 6.03 Å². The number of pyridine rings is 1. The van der Waals surface area contributed by atoms with Gasteiger partial charge in [0.1, 0.15) is 0 Å². The van der Waals surface area contributed by atoms with Gasteiger partial charge in [0.25, 0.3) is 0 Å². The van der Waals surface area contributed by atoms with Gasteiger partial charge in [-0.3, -0.25) is 9.67 Å². The van der Waals surface area contributed by atoms with Crippen LogP contribution in [-0.2, 0) is 6.54 Å². The number of anilines is 1. The summed E-state index contributed by atoms with van der Waals surface area (Å²) in [6.45, 7) is 4.46. The zero-order chi connectivity index (χ0) is 20.2. The lowest BCUT2D eigenvalue weighted by Crippen LogP contribution is -2.28. The van der Waals surface area contributed by atoms with Gasteiger partial charge in [-0.25, -0.2) is 4.79 Å². The summed E-state index contributed by atoms with van der Waals surface area (Å²) in [5, 5.41) is 10.6. The maximum absolute atomic E-state index is 12.3. The Balaban J connectivity index is 1.47. The van der Waals surface area contributed by atoms with Crippen LogP contribution in [0.5, 0.6) is 0 Å². The lowest BCUT2D eigenvalue weighted by atomic mass is 10.1. The highest BCUT2D eigenvalue weighted by atomic mass is 16.2. The molecule has 29 heavy (non-hydrogen) atoms. The van der Waals surface area contributed by atoms with Gasteiger partial charge in [0, 0.05) is 11.9 Å². The fourth-order valence-electron chi connectivity index (χ4n) is 3.83. The summed E-state index contributed by atoms with van der Waals surface area (Å²) in [7, 11) is 0. The van der Waals surface area contributed by atoms with Gasteiger partial charge < -0.3 is 10.6 Å². The molecule has 0 aliphatic heterocycles. The van der Waals surface area contributed by atoms with Crippen molar-refractivity contribution in [1.29, 1.82) is 0 Å². The Morgan fingerprint density at radius 1 is 1.10 bits per heavy atom. The van der Waals surface area contributed by atoms with E-state index in [1.165, 1.54) is 18.4 Å². The molecule has 2 N–H and O–H groups in total. The van der Waals surface area contributed by atoms with Crippen molar-refractivity contribution >= 4 is 11.7 Å². The Morgan fingerprint density at radius 2 is 1.93 bits per heavy atom. The van der Waals surface area contributed by atoms with Crippen LogP contribution in [0.1, 0.15) is 48.5 Å². The molecule has 0 spiro atoms. The van der Waals surface area contributed by atoms with Crippen molar-refractivity contribution in [3.05, 3.63) is 65.5 Å². The van der Waals surface area contributed by atoms with Crippen molar-refractivity contribution in [2.24, 2.45) is 0 Å². The number of nitrogens with one attached hydrogen (secondary N) is 2. The molecule has 4 rings (SSSR count). The molecule has 1 aromatic carbocycles. The third kappa shape index (κ3) is 4.47. The number of urea groups is 1. The molecule has 0 saturated heterocycles. The van der Waals surface area contributed by atoms with Crippen molar-refractivity contribution in [2.45, 2.75) is 52.1 Å². The van der Waals surface area contributed by atoms with Gasteiger partial charge in [0.15, 0.2) is 0 Å². The number of carbonyl (C=O) groups excluding carboxylic acids is 1. The zero-order valence-electron chi connectivity index (χ0n) is 17.0. The molecule has 1 fully saturated rings. The minimum absolute atomic E-state index is 0.233. The molecule has 6 heteroatoms. The molecule has 2 aromatic heterocycles. The van der Waals surface area contributed by atoms with Crippen LogP contribution in [0.3, 0.4) is 0 Å². The summed E-state index contributed by atoms with van der Waals surface area (Å²) in [5.74, 6) is 0. The summed E-state index contributed by atoms with van der Waals surface area (Å²) in [4.78, 5) is 16.8. The molecule has 2 heterocycles. The van der Waals surface area contributed by atoms with E-state index in [2.05, 4.69) is 27.2 Å². The molecule has 150 valence electrons. The molecule has 0 radical (unpaired) electrons. The molecule has 1 aliphatic rings. The summed E-state index contributed by atoms with van der Waals surface area (Å²) in [6.07, 6.45) is 6.55. The molecule has 1 aliphatic carbocycles. The second-order valence-electron chi connectivity index (χ2n) is 7.73. The molecule has 3 aromatic rings. The third-order valence-corrected chi connectivity index (χ3v) is 5.58. The number of amides is 2. The van der Waals surface area contributed by atoms with Crippen LogP contribution in [0.15, 0.2) is 48.7 Å². The SMILES string of the molecule is Cc1ccc(NC(=O)NCc2cc(-c3ccccn3)n(C3CCCC3)n2)cc1C. The highest BCUT2D eigenvalue weighted by Gasteiger charge is 2.22. The Morgan fingerprint density at radius 3 is 2.66 bits per heavy atom. The van der Waals surface area contributed by atoms with Crippen LogP contribution in [-0.4, -0.2) is 20.8 Å². The number of nitrogens with zero attached hydrogens (tertiary/aromatic N) is 3. The van der Waals surface area contributed by atoms with Gasteiger partial charge in [-0.2, -0.15) is 5.10 Å². The van der Waals surface area contributed by atoms with Crippen molar-refractivity contribution in [3.8, 4) is 11.4 Å². The second kappa shape index (κ2) is 8.47. The van der Waals surface area contributed by atoms with Gasteiger partial charge in [-0.05, 0) is 68.1 Å². The molecule has 0 bridgehead atoms. The normalized spacial score (nSPS) is 14.1. The number of benzene rings is 1. The molecular weight excluding hydrogens is 362 g/mol. The van der Waals surface area contributed by atoms with E-state index >= 15 is 0 Å². The smallest absolute Gasteiger partial charge is 0.319 e. The van der Waals surface area contributed by atoms with Crippen molar-refractivity contribution < 1.29 is 4.79 Å². The number of rotatable bonds is 5. The molecule has 0 unspecified atom stereocenters. The molecule has 1 saturated carbocycles. The topological polar surface area (TPSA) is 71.8 Å². The van der Waals surface area contributed by atoms with E-state index in [1.54, 1.807) is 6.20 Å². The number of carbonyl (C=O) groups is 1. The number of hydrogen-bond acceptors (Lipinski definition) is 3. The molecule has 2 amide bonds. The van der Waals surface area contributed by atoms with Crippen molar-refractivity contribution in [3.63, 3.8) is 0 Å². The summed E-state index contributed by atoms with van der Waals surface area (Å²) in [5.41, 5.74) is 5.92. The Bertz CT molecular complexity index is 990. The lowest BCUT2D eigenvalue weighted by Gasteiger charge is -2.13. The lowest BCUT2D eigenvalue weighted by molar-refractivity contribution is 0.251. The van der Waals surface area contributed by atoms with Gasteiger partial charge in [0.05, 0.1) is 29.7 Å². The fourth-order valence-corrected chi connectivity index (χ4v) is 3.83. The van der Waals surface area contributed by atoms with Crippen LogP contribution < -0.4 is 10.6 Å². The Labute approximate surface area is 171 Å². The summed E-state index contributed by atoms with van der Waals surface area (Å²) in [6, 6.07) is 14.0.